The molecule has 0 spiro atoms. The van der Waals surface area contributed by atoms with E-state index in [2.05, 4.69) is 4.98 Å². The molecule has 3 rings (SSSR count). The zero-order chi connectivity index (χ0) is 16.4. The van der Waals surface area contributed by atoms with Crippen LogP contribution in [0.5, 0.6) is 5.88 Å². The van der Waals surface area contributed by atoms with Gasteiger partial charge in [-0.2, -0.15) is 0 Å². The molecular formula is C18H26N2O3. The molecule has 2 aliphatic heterocycles. The molecule has 23 heavy (non-hydrogen) atoms. The van der Waals surface area contributed by atoms with Gasteiger partial charge in [0.25, 0.3) is 0 Å². The summed E-state index contributed by atoms with van der Waals surface area (Å²) in [5, 5.41) is 0. The van der Waals surface area contributed by atoms with E-state index >= 15 is 0 Å². The lowest BCUT2D eigenvalue weighted by molar-refractivity contribution is -0.138. The Morgan fingerprint density at radius 3 is 2.70 bits per heavy atom. The second-order valence-electron chi connectivity index (χ2n) is 6.81. The lowest BCUT2D eigenvalue weighted by Gasteiger charge is -2.34. The van der Waals surface area contributed by atoms with Crippen LogP contribution < -0.4 is 4.74 Å². The van der Waals surface area contributed by atoms with Crippen LogP contribution in [-0.4, -0.2) is 47.2 Å². The van der Waals surface area contributed by atoms with Gasteiger partial charge in [0, 0.05) is 38.2 Å². The molecule has 3 atom stereocenters. The Labute approximate surface area is 138 Å². The van der Waals surface area contributed by atoms with Gasteiger partial charge in [0.1, 0.15) is 6.10 Å². The third-order valence-electron chi connectivity index (χ3n) is 4.85. The molecule has 0 bridgehead atoms. The van der Waals surface area contributed by atoms with Crippen molar-refractivity contribution in [2.75, 3.05) is 13.1 Å². The van der Waals surface area contributed by atoms with Crippen LogP contribution in [0, 0.1) is 12.8 Å². The van der Waals surface area contributed by atoms with Gasteiger partial charge in [-0.3, -0.25) is 4.79 Å². The smallest absolute Gasteiger partial charge is 0.228 e. The van der Waals surface area contributed by atoms with Crippen molar-refractivity contribution >= 4 is 5.91 Å². The topological polar surface area (TPSA) is 51.7 Å². The van der Waals surface area contributed by atoms with Crippen molar-refractivity contribution in [3.05, 3.63) is 23.9 Å². The molecular weight excluding hydrogens is 292 g/mol. The number of hydrogen-bond acceptors (Lipinski definition) is 4. The molecule has 1 amide bonds. The largest absolute Gasteiger partial charge is 0.474 e. The highest BCUT2D eigenvalue weighted by molar-refractivity contribution is 5.79. The SMILES string of the molecule is Cc1ccnc(OC2CCN(C(=O)C3CC(C)OC3C)CC2)c1. The van der Waals surface area contributed by atoms with Crippen molar-refractivity contribution in [2.45, 2.75) is 58.3 Å². The van der Waals surface area contributed by atoms with Crippen LogP contribution in [0.2, 0.25) is 0 Å². The Bertz CT molecular complexity index is 555. The van der Waals surface area contributed by atoms with Crippen LogP contribution in [-0.2, 0) is 9.53 Å². The molecule has 5 nitrogen and oxygen atoms in total. The van der Waals surface area contributed by atoms with E-state index in [-0.39, 0.29) is 30.1 Å². The minimum absolute atomic E-state index is 0.0147. The normalized spacial score (nSPS) is 28.8. The van der Waals surface area contributed by atoms with E-state index < -0.39 is 0 Å². The summed E-state index contributed by atoms with van der Waals surface area (Å²) < 4.78 is 11.7. The third kappa shape index (κ3) is 3.83. The van der Waals surface area contributed by atoms with Crippen LogP contribution in [0.3, 0.4) is 0 Å². The Balaban J connectivity index is 1.51. The first-order valence-corrected chi connectivity index (χ1v) is 8.56. The number of carbonyl (C=O) groups is 1. The summed E-state index contributed by atoms with van der Waals surface area (Å²) in [6.45, 7) is 7.59. The van der Waals surface area contributed by atoms with Gasteiger partial charge < -0.3 is 14.4 Å². The predicted octanol–water partition coefficient (Wildman–Crippen LogP) is 2.57. The predicted molar refractivity (Wildman–Crippen MR) is 87.3 cm³/mol. The number of rotatable bonds is 3. The second kappa shape index (κ2) is 6.87. The molecule has 1 aromatic rings. The summed E-state index contributed by atoms with van der Waals surface area (Å²) in [5.41, 5.74) is 1.15. The van der Waals surface area contributed by atoms with E-state index in [1.807, 2.05) is 37.8 Å². The number of amides is 1. The van der Waals surface area contributed by atoms with Crippen molar-refractivity contribution in [2.24, 2.45) is 5.92 Å². The van der Waals surface area contributed by atoms with Crippen LogP contribution in [0.1, 0.15) is 38.7 Å². The highest BCUT2D eigenvalue weighted by atomic mass is 16.5. The van der Waals surface area contributed by atoms with Crippen molar-refractivity contribution in [3.63, 3.8) is 0 Å². The molecule has 0 saturated carbocycles. The molecule has 0 aromatic carbocycles. The van der Waals surface area contributed by atoms with E-state index in [9.17, 15) is 4.79 Å². The number of likely N-dealkylation sites (tertiary alicyclic amines) is 1. The maximum absolute atomic E-state index is 12.7. The van der Waals surface area contributed by atoms with E-state index in [1.165, 1.54) is 0 Å². The fourth-order valence-electron chi connectivity index (χ4n) is 3.54. The molecule has 3 heterocycles. The van der Waals surface area contributed by atoms with Crippen molar-refractivity contribution < 1.29 is 14.3 Å². The number of carbonyl (C=O) groups excluding carboxylic acids is 1. The third-order valence-corrected chi connectivity index (χ3v) is 4.85. The van der Waals surface area contributed by atoms with Gasteiger partial charge in [-0.25, -0.2) is 4.98 Å². The maximum atomic E-state index is 12.7. The standard InChI is InChI=1S/C18H26N2O3/c1-12-4-7-19-17(10-12)23-15-5-8-20(9-6-15)18(21)16-11-13(2)22-14(16)3/h4,7,10,13-16H,5-6,8-9,11H2,1-3H3. The lowest BCUT2D eigenvalue weighted by Crippen LogP contribution is -2.45. The number of nitrogens with zero attached hydrogens (tertiary/aromatic N) is 2. The fourth-order valence-corrected chi connectivity index (χ4v) is 3.54. The first-order chi connectivity index (χ1) is 11.0. The van der Waals surface area contributed by atoms with Gasteiger partial charge >= 0.3 is 0 Å². The molecule has 126 valence electrons. The number of pyridine rings is 1. The first-order valence-electron chi connectivity index (χ1n) is 8.56. The van der Waals surface area contributed by atoms with Crippen LogP contribution in [0.4, 0.5) is 0 Å². The van der Waals surface area contributed by atoms with Gasteiger partial charge in [0.15, 0.2) is 0 Å². The fraction of sp³-hybridized carbons (Fsp3) is 0.667. The first kappa shape index (κ1) is 16.2. The molecule has 1 aromatic heterocycles. The molecule has 2 fully saturated rings. The van der Waals surface area contributed by atoms with Crippen molar-refractivity contribution in [1.82, 2.24) is 9.88 Å². The zero-order valence-electron chi connectivity index (χ0n) is 14.2. The Kier molecular flexibility index (Phi) is 4.85. The highest BCUT2D eigenvalue weighted by Gasteiger charge is 2.38. The monoisotopic (exact) mass is 318 g/mol. The molecule has 3 unspecified atom stereocenters. The Hall–Kier alpha value is -1.62. The number of piperidine rings is 1. The quantitative estimate of drug-likeness (QED) is 0.859. The average molecular weight is 318 g/mol. The minimum Gasteiger partial charge on any atom is -0.474 e. The summed E-state index contributed by atoms with van der Waals surface area (Å²) in [7, 11) is 0. The molecule has 5 heteroatoms. The maximum Gasteiger partial charge on any atom is 0.228 e. The average Bonchev–Trinajstić information content (AvgIpc) is 2.86. The molecule has 2 saturated heterocycles. The van der Waals surface area contributed by atoms with Crippen LogP contribution in [0.15, 0.2) is 18.3 Å². The van der Waals surface area contributed by atoms with Crippen molar-refractivity contribution in [3.8, 4) is 5.88 Å². The molecule has 0 aliphatic carbocycles. The summed E-state index contributed by atoms with van der Waals surface area (Å²) in [6.07, 6.45) is 4.69. The van der Waals surface area contributed by atoms with Gasteiger partial charge in [-0.05, 0) is 38.8 Å². The number of aryl methyl sites for hydroxylation is 1. The summed E-state index contributed by atoms with van der Waals surface area (Å²) in [5.74, 6) is 0.941. The van der Waals surface area contributed by atoms with Gasteiger partial charge in [-0.1, -0.05) is 0 Å². The second-order valence-corrected chi connectivity index (χ2v) is 6.81. The number of ether oxygens (including phenoxy) is 2. The van der Waals surface area contributed by atoms with Crippen LogP contribution in [0.25, 0.3) is 0 Å². The molecule has 2 aliphatic rings. The molecule has 0 N–H and O–H groups in total. The number of aromatic nitrogens is 1. The van der Waals surface area contributed by atoms with Gasteiger partial charge in [-0.15, -0.1) is 0 Å². The van der Waals surface area contributed by atoms with Crippen LogP contribution >= 0.6 is 0 Å². The number of hydrogen-bond donors (Lipinski definition) is 0. The highest BCUT2D eigenvalue weighted by Crippen LogP contribution is 2.29. The minimum atomic E-state index is 0.0147. The van der Waals surface area contributed by atoms with E-state index in [0.717, 1.165) is 37.9 Å². The van der Waals surface area contributed by atoms with E-state index in [0.29, 0.717) is 5.88 Å². The lowest BCUT2D eigenvalue weighted by atomic mass is 9.97. The van der Waals surface area contributed by atoms with Gasteiger partial charge in [0.2, 0.25) is 11.8 Å². The Morgan fingerprint density at radius 2 is 2.09 bits per heavy atom. The van der Waals surface area contributed by atoms with E-state index in [1.54, 1.807) is 6.20 Å². The summed E-state index contributed by atoms with van der Waals surface area (Å²) in [6, 6.07) is 3.91. The molecule has 0 radical (unpaired) electrons. The Morgan fingerprint density at radius 1 is 1.35 bits per heavy atom. The summed E-state index contributed by atoms with van der Waals surface area (Å²) in [4.78, 5) is 18.9. The van der Waals surface area contributed by atoms with Crippen molar-refractivity contribution in [1.29, 1.82) is 0 Å². The zero-order valence-corrected chi connectivity index (χ0v) is 14.2. The van der Waals surface area contributed by atoms with Gasteiger partial charge in [0.05, 0.1) is 18.1 Å². The summed E-state index contributed by atoms with van der Waals surface area (Å²) >= 11 is 0. The van der Waals surface area contributed by atoms with E-state index in [4.69, 9.17) is 9.47 Å².